The maximum Gasteiger partial charge on any atom is 0.136 e. The van der Waals surface area contributed by atoms with Crippen LogP contribution in [0.15, 0.2) is 12.3 Å². The second-order valence-corrected chi connectivity index (χ2v) is 8.48. The van der Waals surface area contributed by atoms with E-state index in [1.165, 1.54) is 16.8 Å². The molecule has 108 valence electrons. The van der Waals surface area contributed by atoms with E-state index in [9.17, 15) is 0 Å². The normalized spacial score (nSPS) is 20.4. The van der Waals surface area contributed by atoms with Gasteiger partial charge in [0.1, 0.15) is 5.82 Å². The topological polar surface area (TPSA) is 30.2 Å². The maximum atomic E-state index is 5.01. The zero-order valence-electron chi connectivity index (χ0n) is 13.7. The van der Waals surface area contributed by atoms with E-state index in [-0.39, 0.29) is 16.2 Å². The van der Waals surface area contributed by atoms with Gasteiger partial charge >= 0.3 is 0 Å². The molecule has 0 N–H and O–H groups in total. The Morgan fingerprint density at radius 1 is 1.10 bits per heavy atom. The van der Waals surface area contributed by atoms with Gasteiger partial charge in [0, 0.05) is 17.0 Å². The Labute approximate surface area is 121 Å². The van der Waals surface area contributed by atoms with Crippen LogP contribution < -0.4 is 0 Å². The first-order chi connectivity index (χ1) is 9.04. The molecule has 1 aliphatic rings. The molecule has 0 amide bonds. The highest BCUT2D eigenvalue weighted by molar-refractivity contribution is 5.66. The van der Waals surface area contributed by atoms with E-state index in [1.54, 1.807) is 0 Å². The summed E-state index contributed by atoms with van der Waals surface area (Å²) >= 11 is 0. The smallest absolute Gasteiger partial charge is 0.136 e. The second-order valence-electron chi connectivity index (χ2n) is 8.48. The summed E-state index contributed by atoms with van der Waals surface area (Å²) < 4.78 is 2.08. The van der Waals surface area contributed by atoms with Gasteiger partial charge in [-0.3, -0.25) is 0 Å². The van der Waals surface area contributed by atoms with Gasteiger partial charge in [-0.05, 0) is 23.5 Å². The molecule has 0 saturated carbocycles. The Morgan fingerprint density at radius 3 is 2.35 bits per heavy atom. The summed E-state index contributed by atoms with van der Waals surface area (Å²) in [5.74, 6) is 1.06. The van der Waals surface area contributed by atoms with Gasteiger partial charge in [-0.2, -0.15) is 5.10 Å². The first kappa shape index (κ1) is 13.6. The van der Waals surface area contributed by atoms with Crippen LogP contribution >= 0.6 is 0 Å². The highest BCUT2D eigenvalue weighted by Gasteiger charge is 2.42. The van der Waals surface area contributed by atoms with E-state index in [0.29, 0.717) is 0 Å². The van der Waals surface area contributed by atoms with Gasteiger partial charge in [-0.25, -0.2) is 9.50 Å². The molecule has 0 atom stereocenters. The summed E-state index contributed by atoms with van der Waals surface area (Å²) in [6.07, 6.45) is 3.04. The number of imidazole rings is 1. The Kier molecular flexibility index (Phi) is 2.47. The van der Waals surface area contributed by atoms with Crippen LogP contribution in [-0.2, 0) is 16.2 Å². The number of rotatable bonds is 0. The number of nitrogens with zero attached hydrogens (tertiary/aromatic N) is 3. The fourth-order valence-electron chi connectivity index (χ4n) is 3.81. The van der Waals surface area contributed by atoms with Crippen molar-refractivity contribution in [3.8, 4) is 0 Å². The van der Waals surface area contributed by atoms with E-state index < -0.39 is 0 Å². The Balaban J connectivity index is 2.47. The lowest BCUT2D eigenvalue weighted by molar-refractivity contribution is 0.333. The molecule has 3 nitrogen and oxygen atoms in total. The zero-order chi connectivity index (χ0) is 14.9. The molecular weight excluding hydrogens is 246 g/mol. The summed E-state index contributed by atoms with van der Waals surface area (Å²) in [5, 5.41) is 4.60. The van der Waals surface area contributed by atoms with Gasteiger partial charge in [-0.15, -0.1) is 0 Å². The van der Waals surface area contributed by atoms with Gasteiger partial charge in [0.25, 0.3) is 0 Å². The summed E-state index contributed by atoms with van der Waals surface area (Å²) in [4.78, 5) is 5.01. The zero-order valence-corrected chi connectivity index (χ0v) is 13.7. The Morgan fingerprint density at radius 2 is 1.75 bits per heavy atom. The predicted octanol–water partition coefficient (Wildman–Crippen LogP) is 3.99. The van der Waals surface area contributed by atoms with Crippen molar-refractivity contribution in [3.05, 3.63) is 29.3 Å². The lowest BCUT2D eigenvalue weighted by Crippen LogP contribution is -2.35. The molecule has 0 radical (unpaired) electrons. The number of hydrogen-bond acceptors (Lipinski definition) is 2. The number of hydrogen-bond donors (Lipinski definition) is 0. The van der Waals surface area contributed by atoms with Crippen molar-refractivity contribution < 1.29 is 0 Å². The van der Waals surface area contributed by atoms with Crippen molar-refractivity contribution in [2.75, 3.05) is 0 Å². The van der Waals surface area contributed by atoms with Crippen LogP contribution in [0.1, 0.15) is 72.0 Å². The van der Waals surface area contributed by atoms with Crippen LogP contribution in [0.25, 0.3) is 5.52 Å². The van der Waals surface area contributed by atoms with Crippen molar-refractivity contribution >= 4 is 5.52 Å². The van der Waals surface area contributed by atoms with E-state index in [4.69, 9.17) is 4.98 Å². The maximum absolute atomic E-state index is 5.01. The van der Waals surface area contributed by atoms with Gasteiger partial charge in [0.15, 0.2) is 0 Å². The van der Waals surface area contributed by atoms with Crippen LogP contribution in [0, 0.1) is 0 Å². The molecule has 0 saturated heterocycles. The highest BCUT2D eigenvalue weighted by atomic mass is 15.3. The van der Waals surface area contributed by atoms with E-state index in [2.05, 4.69) is 64.1 Å². The van der Waals surface area contributed by atoms with Gasteiger partial charge in [-0.1, -0.05) is 48.5 Å². The monoisotopic (exact) mass is 271 g/mol. The molecule has 1 aliphatic carbocycles. The standard InChI is InChI=1S/C17H25N3/c1-15(2,3)14-19-13-12-11(8-9-18-20(12)14)16(4,5)10-17(13,6)7/h8-9H,10H2,1-7H3. The van der Waals surface area contributed by atoms with Crippen LogP contribution in [0.5, 0.6) is 0 Å². The molecular formula is C17H25N3. The SMILES string of the molecule is CC(C)(C)c1nc2c3c(ccnn13)C(C)(C)CC2(C)C. The van der Waals surface area contributed by atoms with Crippen molar-refractivity contribution in [3.63, 3.8) is 0 Å². The molecule has 0 aliphatic heterocycles. The molecule has 2 aromatic rings. The summed E-state index contributed by atoms with van der Waals surface area (Å²) in [6.45, 7) is 15.9. The third-order valence-corrected chi connectivity index (χ3v) is 4.46. The molecule has 20 heavy (non-hydrogen) atoms. The molecule has 3 rings (SSSR count). The summed E-state index contributed by atoms with van der Waals surface area (Å²) in [6, 6.07) is 2.17. The summed E-state index contributed by atoms with van der Waals surface area (Å²) in [5.41, 5.74) is 4.08. The average Bonchev–Trinajstić information content (AvgIpc) is 2.65. The largest absolute Gasteiger partial charge is 0.235 e. The minimum Gasteiger partial charge on any atom is -0.235 e. The van der Waals surface area contributed by atoms with Gasteiger partial charge in [0.05, 0.1) is 11.2 Å². The van der Waals surface area contributed by atoms with Crippen molar-refractivity contribution in [1.82, 2.24) is 14.6 Å². The first-order valence-electron chi connectivity index (χ1n) is 7.43. The van der Waals surface area contributed by atoms with Crippen LogP contribution in [0.3, 0.4) is 0 Å². The third-order valence-electron chi connectivity index (χ3n) is 4.46. The minimum absolute atomic E-state index is 0.00263. The molecule has 0 fully saturated rings. The third kappa shape index (κ3) is 1.72. The fourth-order valence-corrected chi connectivity index (χ4v) is 3.81. The van der Waals surface area contributed by atoms with E-state index in [0.717, 1.165) is 12.2 Å². The molecule has 0 aromatic carbocycles. The average molecular weight is 271 g/mol. The molecule has 0 spiro atoms. The summed E-state index contributed by atoms with van der Waals surface area (Å²) in [7, 11) is 0. The molecule has 3 heteroatoms. The van der Waals surface area contributed by atoms with Crippen molar-refractivity contribution in [2.24, 2.45) is 0 Å². The predicted molar refractivity (Wildman–Crippen MR) is 82.4 cm³/mol. The van der Waals surface area contributed by atoms with E-state index >= 15 is 0 Å². The molecule has 2 heterocycles. The first-order valence-corrected chi connectivity index (χ1v) is 7.43. The Bertz CT molecular complexity index is 684. The highest BCUT2D eigenvalue weighted by Crippen LogP contribution is 2.47. The van der Waals surface area contributed by atoms with Gasteiger partial charge < -0.3 is 0 Å². The number of aromatic nitrogens is 3. The second kappa shape index (κ2) is 3.63. The fraction of sp³-hybridized carbons (Fsp3) is 0.647. The van der Waals surface area contributed by atoms with Crippen molar-refractivity contribution in [2.45, 2.75) is 71.1 Å². The van der Waals surface area contributed by atoms with Crippen LogP contribution in [-0.4, -0.2) is 14.6 Å². The molecule has 0 unspecified atom stereocenters. The van der Waals surface area contributed by atoms with Crippen molar-refractivity contribution in [1.29, 1.82) is 0 Å². The van der Waals surface area contributed by atoms with Gasteiger partial charge in [0.2, 0.25) is 0 Å². The quantitative estimate of drug-likeness (QED) is 0.725. The minimum atomic E-state index is -0.00263. The molecule has 2 aromatic heterocycles. The van der Waals surface area contributed by atoms with Crippen LogP contribution in [0.4, 0.5) is 0 Å². The molecule has 0 bridgehead atoms. The van der Waals surface area contributed by atoms with E-state index in [1.807, 2.05) is 6.20 Å². The lowest BCUT2D eigenvalue weighted by Gasteiger charge is -2.39. The van der Waals surface area contributed by atoms with Crippen LogP contribution in [0.2, 0.25) is 0 Å². The Hall–Kier alpha value is -1.38. The lowest BCUT2D eigenvalue weighted by atomic mass is 9.65.